The zero-order chi connectivity index (χ0) is 17.0. The fourth-order valence-corrected chi connectivity index (χ4v) is 2.50. The molecule has 0 aromatic heterocycles. The molecule has 0 aliphatic carbocycles. The number of hydrogen-bond acceptors (Lipinski definition) is 3. The van der Waals surface area contributed by atoms with E-state index in [4.69, 9.17) is 11.2 Å². The zero-order valence-electron chi connectivity index (χ0n) is 14.7. The Morgan fingerprint density at radius 2 is 1.39 bits per heavy atom. The summed E-state index contributed by atoms with van der Waals surface area (Å²) in [4.78, 5) is 21.7. The third-order valence-electron chi connectivity index (χ3n) is 3.93. The van der Waals surface area contributed by atoms with Crippen LogP contribution in [0, 0.1) is 12.3 Å². The molecule has 3 heteroatoms. The zero-order valence-corrected chi connectivity index (χ0v) is 14.7. The molecule has 0 aromatic carbocycles. The van der Waals surface area contributed by atoms with Crippen molar-refractivity contribution in [1.29, 1.82) is 0 Å². The molecule has 0 saturated carbocycles. The van der Waals surface area contributed by atoms with E-state index in [9.17, 15) is 9.59 Å². The third kappa shape index (κ3) is 18.7. The molecule has 3 nitrogen and oxygen atoms in total. The van der Waals surface area contributed by atoms with E-state index in [1.165, 1.54) is 25.7 Å². The number of terminal acetylenes is 1. The lowest BCUT2D eigenvalue weighted by Crippen LogP contribution is -2.05. The van der Waals surface area contributed by atoms with Gasteiger partial charge in [-0.05, 0) is 25.7 Å². The van der Waals surface area contributed by atoms with E-state index in [1.54, 1.807) is 0 Å². The third-order valence-corrected chi connectivity index (χ3v) is 3.93. The van der Waals surface area contributed by atoms with E-state index in [-0.39, 0.29) is 5.97 Å². The van der Waals surface area contributed by atoms with Crippen molar-refractivity contribution in [1.82, 2.24) is 0 Å². The van der Waals surface area contributed by atoms with Gasteiger partial charge in [-0.2, -0.15) is 0 Å². The molecule has 0 rings (SSSR count). The first kappa shape index (κ1) is 21.7. The predicted molar refractivity (Wildman–Crippen MR) is 95.1 cm³/mol. The lowest BCUT2D eigenvalue weighted by molar-refractivity contribution is -0.143. The van der Waals surface area contributed by atoms with Gasteiger partial charge in [-0.25, -0.2) is 0 Å². The molecule has 0 heterocycles. The van der Waals surface area contributed by atoms with Crippen LogP contribution in [-0.4, -0.2) is 18.9 Å². The molecule has 0 aliphatic rings. The smallest absolute Gasteiger partial charge is 0.305 e. The van der Waals surface area contributed by atoms with E-state index in [0.29, 0.717) is 19.4 Å². The number of unbranched alkanes of at least 4 members (excludes halogenated alkanes) is 12. The van der Waals surface area contributed by atoms with Gasteiger partial charge >= 0.3 is 5.97 Å². The van der Waals surface area contributed by atoms with Crippen molar-refractivity contribution in [3.63, 3.8) is 0 Å². The minimum absolute atomic E-state index is 0.0628. The van der Waals surface area contributed by atoms with Gasteiger partial charge in [-0.1, -0.05) is 51.4 Å². The lowest BCUT2D eigenvalue weighted by Gasteiger charge is -2.05. The molecule has 0 N–H and O–H groups in total. The standard InChI is InChI=1S/C20H34O3/c1-2-3-4-5-6-7-10-13-16-19-23-20(22)17-14-11-8-9-12-15-18-21/h1,18H,3-17,19H2. The van der Waals surface area contributed by atoms with E-state index in [2.05, 4.69) is 5.92 Å². The van der Waals surface area contributed by atoms with Crippen molar-refractivity contribution in [2.75, 3.05) is 6.61 Å². The van der Waals surface area contributed by atoms with Crippen LogP contribution in [0.5, 0.6) is 0 Å². The molecular formula is C20H34O3. The summed E-state index contributed by atoms with van der Waals surface area (Å²) < 4.78 is 5.24. The quantitative estimate of drug-likeness (QED) is 0.160. The van der Waals surface area contributed by atoms with E-state index < -0.39 is 0 Å². The number of esters is 1. The fraction of sp³-hybridized carbons (Fsp3) is 0.800. The normalized spacial score (nSPS) is 10.2. The molecule has 0 aromatic rings. The van der Waals surface area contributed by atoms with Gasteiger partial charge in [0.25, 0.3) is 0 Å². The van der Waals surface area contributed by atoms with Crippen LogP contribution in [0.1, 0.15) is 96.3 Å². The highest BCUT2D eigenvalue weighted by molar-refractivity contribution is 5.69. The molecule has 0 atom stereocenters. The second-order valence-electron chi connectivity index (χ2n) is 6.12. The largest absolute Gasteiger partial charge is 0.466 e. The van der Waals surface area contributed by atoms with Gasteiger partial charge in [-0.15, -0.1) is 12.3 Å². The number of carbonyl (C=O) groups excluding carboxylic acids is 2. The topological polar surface area (TPSA) is 43.4 Å². The van der Waals surface area contributed by atoms with Crippen LogP contribution < -0.4 is 0 Å². The van der Waals surface area contributed by atoms with Crippen LogP contribution in [0.2, 0.25) is 0 Å². The molecule has 0 aliphatic heterocycles. The summed E-state index contributed by atoms with van der Waals surface area (Å²) in [5.41, 5.74) is 0. The van der Waals surface area contributed by atoms with Crippen LogP contribution in [0.15, 0.2) is 0 Å². The first-order valence-electron chi connectivity index (χ1n) is 9.34. The Bertz CT molecular complexity index is 317. The Morgan fingerprint density at radius 1 is 0.826 bits per heavy atom. The highest BCUT2D eigenvalue weighted by Gasteiger charge is 2.02. The highest BCUT2D eigenvalue weighted by atomic mass is 16.5. The Morgan fingerprint density at radius 3 is 2.04 bits per heavy atom. The van der Waals surface area contributed by atoms with Crippen molar-refractivity contribution in [2.24, 2.45) is 0 Å². The SMILES string of the molecule is C#CCCCCCCCCCOC(=O)CCCCCCCC=O. The van der Waals surface area contributed by atoms with Gasteiger partial charge in [0, 0.05) is 19.3 Å². The van der Waals surface area contributed by atoms with Crippen molar-refractivity contribution < 1.29 is 14.3 Å². The molecule has 0 fully saturated rings. The first-order valence-corrected chi connectivity index (χ1v) is 9.34. The van der Waals surface area contributed by atoms with Crippen molar-refractivity contribution in [3.05, 3.63) is 0 Å². The summed E-state index contributed by atoms with van der Waals surface area (Å²) in [6.45, 7) is 0.565. The van der Waals surface area contributed by atoms with E-state index in [0.717, 1.165) is 64.1 Å². The minimum Gasteiger partial charge on any atom is -0.466 e. The molecule has 0 saturated heterocycles. The second-order valence-corrected chi connectivity index (χ2v) is 6.12. The molecular weight excluding hydrogens is 288 g/mol. The lowest BCUT2D eigenvalue weighted by atomic mass is 10.1. The molecule has 0 radical (unpaired) electrons. The van der Waals surface area contributed by atoms with Crippen LogP contribution in [-0.2, 0) is 14.3 Å². The average molecular weight is 322 g/mol. The highest BCUT2D eigenvalue weighted by Crippen LogP contribution is 2.09. The summed E-state index contributed by atoms with van der Waals surface area (Å²) in [6.07, 6.45) is 21.6. The molecule has 0 amide bonds. The Kier molecular flexibility index (Phi) is 17.7. The monoisotopic (exact) mass is 322 g/mol. The van der Waals surface area contributed by atoms with Gasteiger partial charge in [0.1, 0.15) is 6.29 Å². The maximum Gasteiger partial charge on any atom is 0.305 e. The summed E-state index contributed by atoms with van der Waals surface area (Å²) >= 11 is 0. The van der Waals surface area contributed by atoms with Crippen LogP contribution in [0.4, 0.5) is 0 Å². The Balaban J connectivity index is 3.15. The van der Waals surface area contributed by atoms with Gasteiger partial charge < -0.3 is 9.53 Å². The second kappa shape index (κ2) is 18.7. The van der Waals surface area contributed by atoms with Gasteiger partial charge in [0.05, 0.1) is 6.61 Å². The summed E-state index contributed by atoms with van der Waals surface area (Å²) in [5.74, 6) is 2.60. The van der Waals surface area contributed by atoms with Gasteiger partial charge in [-0.3, -0.25) is 4.79 Å². The number of rotatable bonds is 17. The summed E-state index contributed by atoms with van der Waals surface area (Å²) in [6, 6.07) is 0. The number of hydrogen-bond donors (Lipinski definition) is 0. The first-order chi connectivity index (χ1) is 11.3. The number of aldehydes is 1. The van der Waals surface area contributed by atoms with Gasteiger partial charge in [0.15, 0.2) is 0 Å². The predicted octanol–water partition coefficient (Wildman–Crippen LogP) is 5.21. The van der Waals surface area contributed by atoms with E-state index >= 15 is 0 Å². The van der Waals surface area contributed by atoms with E-state index in [1.807, 2.05) is 0 Å². The van der Waals surface area contributed by atoms with Crippen molar-refractivity contribution in [3.8, 4) is 12.3 Å². The van der Waals surface area contributed by atoms with Crippen LogP contribution >= 0.6 is 0 Å². The van der Waals surface area contributed by atoms with Crippen LogP contribution in [0.3, 0.4) is 0 Å². The fourth-order valence-electron chi connectivity index (χ4n) is 2.50. The maximum absolute atomic E-state index is 11.5. The van der Waals surface area contributed by atoms with Crippen molar-refractivity contribution >= 4 is 12.3 Å². The average Bonchev–Trinajstić information content (AvgIpc) is 2.55. The Labute approximate surface area is 142 Å². The molecule has 23 heavy (non-hydrogen) atoms. The molecule has 132 valence electrons. The minimum atomic E-state index is -0.0628. The molecule has 0 unspecified atom stereocenters. The Hall–Kier alpha value is -1.30. The van der Waals surface area contributed by atoms with Crippen LogP contribution in [0.25, 0.3) is 0 Å². The van der Waals surface area contributed by atoms with Gasteiger partial charge in [0.2, 0.25) is 0 Å². The number of carbonyl (C=O) groups is 2. The molecule has 0 spiro atoms. The maximum atomic E-state index is 11.5. The number of ether oxygens (including phenoxy) is 1. The molecule has 0 bridgehead atoms. The summed E-state index contributed by atoms with van der Waals surface area (Å²) in [5, 5.41) is 0. The van der Waals surface area contributed by atoms with Crippen molar-refractivity contribution in [2.45, 2.75) is 96.3 Å². The summed E-state index contributed by atoms with van der Waals surface area (Å²) in [7, 11) is 0.